The maximum absolute atomic E-state index is 12.3. The van der Waals surface area contributed by atoms with Crippen molar-refractivity contribution in [2.75, 3.05) is 6.54 Å². The van der Waals surface area contributed by atoms with Gasteiger partial charge in [-0.1, -0.05) is 23.7 Å². The summed E-state index contributed by atoms with van der Waals surface area (Å²) in [5.74, 6) is 0.546. The van der Waals surface area contributed by atoms with Crippen molar-refractivity contribution in [2.45, 2.75) is 32.2 Å². The van der Waals surface area contributed by atoms with Crippen LogP contribution in [0.25, 0.3) is 0 Å². The quantitative estimate of drug-likeness (QED) is 0.778. The Morgan fingerprint density at radius 1 is 1.33 bits per heavy atom. The van der Waals surface area contributed by atoms with Gasteiger partial charge in [-0.05, 0) is 37.5 Å². The van der Waals surface area contributed by atoms with Crippen LogP contribution in [0.3, 0.4) is 0 Å². The Balaban J connectivity index is 1.83. The summed E-state index contributed by atoms with van der Waals surface area (Å²) in [6, 6.07) is 7.78. The minimum atomic E-state index is -0.974. The van der Waals surface area contributed by atoms with Crippen LogP contribution >= 0.6 is 11.6 Å². The Kier molecular flexibility index (Phi) is 3.78. The van der Waals surface area contributed by atoms with E-state index >= 15 is 0 Å². The number of nitrogens with one attached hydrogen (secondary N) is 2. The summed E-state index contributed by atoms with van der Waals surface area (Å²) in [7, 11) is 0. The van der Waals surface area contributed by atoms with Crippen LogP contribution in [0.4, 0.5) is 0 Å². The van der Waals surface area contributed by atoms with Gasteiger partial charge in [-0.15, -0.1) is 0 Å². The number of hydrogen-bond donors (Lipinski definition) is 3. The molecule has 1 amide bonds. The van der Waals surface area contributed by atoms with Crippen molar-refractivity contribution >= 4 is 17.5 Å². The Morgan fingerprint density at radius 3 is 2.71 bits per heavy atom. The summed E-state index contributed by atoms with van der Waals surface area (Å²) >= 11 is 5.91. The van der Waals surface area contributed by atoms with E-state index in [0.29, 0.717) is 29.4 Å². The van der Waals surface area contributed by atoms with Crippen molar-refractivity contribution in [3.63, 3.8) is 0 Å². The molecule has 0 aromatic heterocycles. The molecule has 2 aliphatic heterocycles. The number of carbonyl (C=O) groups is 1. The van der Waals surface area contributed by atoms with Crippen molar-refractivity contribution in [1.82, 2.24) is 15.5 Å². The fourth-order valence-corrected chi connectivity index (χ4v) is 2.97. The molecule has 112 valence electrons. The van der Waals surface area contributed by atoms with Gasteiger partial charge in [-0.3, -0.25) is 9.69 Å². The first kappa shape index (κ1) is 14.2. The van der Waals surface area contributed by atoms with Gasteiger partial charge in [0.25, 0.3) is 5.91 Å². The Labute approximate surface area is 128 Å². The summed E-state index contributed by atoms with van der Waals surface area (Å²) in [5, 5.41) is 17.0. The molecule has 2 aliphatic rings. The lowest BCUT2D eigenvalue weighted by Crippen LogP contribution is -2.56. The molecule has 0 aliphatic carbocycles. The predicted octanol–water partition coefficient (Wildman–Crippen LogP) is 1.70. The molecule has 0 radical (unpaired) electrons. The molecular formula is C15H18ClN3O2. The largest absolute Gasteiger partial charge is 0.365 e. The van der Waals surface area contributed by atoms with Crippen molar-refractivity contribution in [1.29, 1.82) is 0 Å². The molecule has 1 aromatic rings. The molecule has 6 heteroatoms. The van der Waals surface area contributed by atoms with Gasteiger partial charge >= 0.3 is 0 Å². The number of hydrogen-bond acceptors (Lipinski definition) is 4. The number of aliphatic hydroxyl groups excluding tert-OH is 1. The van der Waals surface area contributed by atoms with Gasteiger partial charge in [-0.2, -0.15) is 0 Å². The second-order valence-electron chi connectivity index (χ2n) is 5.25. The van der Waals surface area contributed by atoms with Crippen LogP contribution in [-0.2, 0) is 4.79 Å². The van der Waals surface area contributed by atoms with Crippen LogP contribution in [0.5, 0.6) is 0 Å². The fraction of sp³-hybridized carbons (Fsp3) is 0.400. The van der Waals surface area contributed by atoms with E-state index in [1.165, 1.54) is 4.90 Å². The van der Waals surface area contributed by atoms with Crippen LogP contribution in [0.15, 0.2) is 35.7 Å². The number of nitrogens with zero attached hydrogens (tertiary/aromatic N) is 1. The zero-order chi connectivity index (χ0) is 15.0. The van der Waals surface area contributed by atoms with Crippen molar-refractivity contribution in [2.24, 2.45) is 0 Å². The minimum Gasteiger partial charge on any atom is -0.365 e. The van der Waals surface area contributed by atoms with E-state index in [-0.39, 0.29) is 11.9 Å². The first-order valence-corrected chi connectivity index (χ1v) is 7.48. The summed E-state index contributed by atoms with van der Waals surface area (Å²) in [4.78, 5) is 13.7. The van der Waals surface area contributed by atoms with Gasteiger partial charge < -0.3 is 15.7 Å². The highest BCUT2D eigenvalue weighted by Gasteiger charge is 2.35. The third-order valence-corrected chi connectivity index (χ3v) is 4.26. The summed E-state index contributed by atoms with van der Waals surface area (Å²) < 4.78 is 0. The second kappa shape index (κ2) is 5.58. The lowest BCUT2D eigenvalue weighted by molar-refractivity contribution is -0.141. The minimum absolute atomic E-state index is 0.0965. The maximum atomic E-state index is 12.3. The zero-order valence-corrected chi connectivity index (χ0v) is 12.5. The Hall–Kier alpha value is -1.72. The second-order valence-corrected chi connectivity index (χ2v) is 5.69. The lowest BCUT2D eigenvalue weighted by atomic mass is 9.94. The first-order valence-electron chi connectivity index (χ1n) is 7.11. The van der Waals surface area contributed by atoms with Crippen LogP contribution in [0, 0.1) is 0 Å². The van der Waals surface area contributed by atoms with E-state index in [9.17, 15) is 9.90 Å². The highest BCUT2D eigenvalue weighted by Crippen LogP contribution is 2.31. The summed E-state index contributed by atoms with van der Waals surface area (Å²) in [5.41, 5.74) is 1.83. The molecule has 2 atom stereocenters. The van der Waals surface area contributed by atoms with Crippen molar-refractivity contribution in [3.05, 3.63) is 46.2 Å². The zero-order valence-electron chi connectivity index (χ0n) is 11.8. The van der Waals surface area contributed by atoms with Gasteiger partial charge in [0.2, 0.25) is 6.35 Å². The molecule has 0 spiro atoms. The van der Waals surface area contributed by atoms with Crippen LogP contribution in [0.2, 0.25) is 5.02 Å². The molecule has 3 N–H and O–H groups in total. The summed E-state index contributed by atoms with van der Waals surface area (Å²) in [6.07, 6.45) is 0.546. The Morgan fingerprint density at radius 2 is 2.05 bits per heavy atom. The summed E-state index contributed by atoms with van der Waals surface area (Å²) in [6.45, 7) is 2.32. The number of rotatable bonds is 2. The maximum Gasteiger partial charge on any atom is 0.256 e. The van der Waals surface area contributed by atoms with Gasteiger partial charge in [0.1, 0.15) is 5.82 Å². The van der Waals surface area contributed by atoms with E-state index in [0.717, 1.165) is 12.0 Å². The lowest BCUT2D eigenvalue weighted by Gasteiger charge is -2.39. The molecule has 5 nitrogen and oxygen atoms in total. The van der Waals surface area contributed by atoms with E-state index in [1.54, 1.807) is 0 Å². The Bertz CT molecular complexity index is 585. The molecule has 21 heavy (non-hydrogen) atoms. The standard InChI is InChI=1S/C15H18ClN3O2/c1-2-19-14(20)11-7-8-12(17-13(11)18-15(19)21)9-3-5-10(16)6-4-9/h3-6,12,15,17-18,21H,2,7-8H2,1H3/t12-,15?/m1/s1. The molecule has 0 saturated heterocycles. The highest BCUT2D eigenvalue weighted by atomic mass is 35.5. The van der Waals surface area contributed by atoms with Gasteiger partial charge in [0.05, 0.1) is 11.6 Å². The number of likely N-dealkylation sites (N-methyl/N-ethyl adjacent to an activating group) is 1. The SMILES string of the molecule is CCN1C(=O)C2=C(NC1O)N[C@@H](c1ccc(Cl)cc1)CC2. The fourth-order valence-electron chi connectivity index (χ4n) is 2.84. The predicted molar refractivity (Wildman–Crippen MR) is 80.1 cm³/mol. The number of halogens is 1. The topological polar surface area (TPSA) is 64.6 Å². The average molecular weight is 308 g/mol. The number of carbonyl (C=O) groups excluding carboxylic acids is 1. The molecule has 1 aromatic carbocycles. The molecule has 1 unspecified atom stereocenters. The van der Waals surface area contributed by atoms with Gasteiger partial charge in [0.15, 0.2) is 0 Å². The molecule has 3 rings (SSSR count). The van der Waals surface area contributed by atoms with Gasteiger partial charge in [-0.25, -0.2) is 0 Å². The normalized spacial score (nSPS) is 25.3. The van der Waals surface area contributed by atoms with E-state index in [2.05, 4.69) is 10.6 Å². The average Bonchev–Trinajstić information content (AvgIpc) is 2.48. The third-order valence-electron chi connectivity index (χ3n) is 4.00. The number of aliphatic hydroxyl groups is 1. The van der Waals surface area contributed by atoms with Crippen molar-refractivity contribution in [3.8, 4) is 0 Å². The van der Waals surface area contributed by atoms with Crippen LogP contribution in [-0.4, -0.2) is 28.8 Å². The first-order chi connectivity index (χ1) is 10.1. The smallest absolute Gasteiger partial charge is 0.256 e. The molecule has 0 fully saturated rings. The highest BCUT2D eigenvalue weighted by molar-refractivity contribution is 6.30. The van der Waals surface area contributed by atoms with E-state index < -0.39 is 6.35 Å². The monoisotopic (exact) mass is 307 g/mol. The molecule has 0 saturated carbocycles. The third kappa shape index (κ3) is 2.59. The number of amides is 1. The van der Waals surface area contributed by atoms with Crippen molar-refractivity contribution < 1.29 is 9.90 Å². The van der Waals surface area contributed by atoms with E-state index in [4.69, 9.17) is 11.6 Å². The molecule has 2 heterocycles. The van der Waals surface area contributed by atoms with E-state index in [1.807, 2.05) is 31.2 Å². The number of benzene rings is 1. The van der Waals surface area contributed by atoms with Crippen LogP contribution in [0.1, 0.15) is 31.4 Å². The van der Waals surface area contributed by atoms with Crippen LogP contribution < -0.4 is 10.6 Å². The molecule has 0 bridgehead atoms. The molecular weight excluding hydrogens is 290 g/mol. The van der Waals surface area contributed by atoms with Gasteiger partial charge in [0, 0.05) is 11.6 Å².